The highest BCUT2D eigenvalue weighted by atomic mass is 16.5. The van der Waals surface area contributed by atoms with Crippen molar-refractivity contribution in [1.29, 1.82) is 0 Å². The Morgan fingerprint density at radius 2 is 0.947 bits per heavy atom. The second-order valence-corrected chi connectivity index (χ2v) is 4.72. The summed E-state index contributed by atoms with van der Waals surface area (Å²) in [4.78, 5) is 0. The molecule has 0 bridgehead atoms. The maximum absolute atomic E-state index is 5.53. The van der Waals surface area contributed by atoms with E-state index in [4.69, 9.17) is 4.74 Å². The molecule has 3 nitrogen and oxygen atoms in total. The zero-order valence-electron chi connectivity index (χ0n) is 13.7. The summed E-state index contributed by atoms with van der Waals surface area (Å²) in [5.74, 6) is 0. The highest BCUT2D eigenvalue weighted by molar-refractivity contribution is 4.41. The van der Waals surface area contributed by atoms with Crippen molar-refractivity contribution in [3.8, 4) is 0 Å². The van der Waals surface area contributed by atoms with Gasteiger partial charge in [0.1, 0.15) is 0 Å². The van der Waals surface area contributed by atoms with Gasteiger partial charge in [0.15, 0.2) is 0 Å². The van der Waals surface area contributed by atoms with E-state index in [9.17, 15) is 0 Å². The molecule has 0 aliphatic heterocycles. The Morgan fingerprint density at radius 1 is 0.526 bits per heavy atom. The maximum Gasteiger partial charge on any atom is 0.0696 e. The van der Waals surface area contributed by atoms with Gasteiger partial charge in [-0.05, 0) is 12.8 Å². The summed E-state index contributed by atoms with van der Waals surface area (Å²) in [6, 6.07) is 0. The zero-order valence-corrected chi connectivity index (χ0v) is 13.7. The van der Waals surface area contributed by atoms with Crippen LogP contribution in [0.2, 0.25) is 0 Å². The number of unbranched alkanes of at least 4 members (excludes halogenated alkanes) is 6. The molecular formula is C16H36O3. The van der Waals surface area contributed by atoms with Crippen molar-refractivity contribution < 1.29 is 14.2 Å². The van der Waals surface area contributed by atoms with E-state index in [2.05, 4.69) is 23.3 Å². The quantitative estimate of drug-likeness (QED) is 0.465. The van der Waals surface area contributed by atoms with Crippen LogP contribution in [-0.2, 0) is 14.2 Å². The molecule has 118 valence electrons. The highest BCUT2D eigenvalue weighted by Gasteiger charge is 1.90. The number of hydrogen-bond acceptors (Lipinski definition) is 3. The minimum atomic E-state index is 0.691. The van der Waals surface area contributed by atoms with Crippen molar-refractivity contribution in [2.45, 2.75) is 65.2 Å². The third kappa shape index (κ3) is 27.2. The molecule has 0 N–H and O–H groups in total. The highest BCUT2D eigenvalue weighted by Crippen LogP contribution is 2.01. The first-order valence-corrected chi connectivity index (χ1v) is 7.89. The van der Waals surface area contributed by atoms with Crippen molar-refractivity contribution in [3.05, 3.63) is 0 Å². The van der Waals surface area contributed by atoms with E-state index in [0.29, 0.717) is 13.2 Å². The number of rotatable bonds is 13. The van der Waals surface area contributed by atoms with Crippen LogP contribution in [0.25, 0.3) is 0 Å². The third-order valence-electron chi connectivity index (χ3n) is 2.78. The third-order valence-corrected chi connectivity index (χ3v) is 2.78. The molecule has 0 heterocycles. The molecule has 0 radical (unpaired) electrons. The average molecular weight is 276 g/mol. The Hall–Kier alpha value is -0.120. The first-order valence-electron chi connectivity index (χ1n) is 7.89. The van der Waals surface area contributed by atoms with Crippen LogP contribution >= 0.6 is 0 Å². The monoisotopic (exact) mass is 276 g/mol. The van der Waals surface area contributed by atoms with Crippen LogP contribution in [-0.4, -0.2) is 40.6 Å². The van der Waals surface area contributed by atoms with E-state index < -0.39 is 0 Å². The molecule has 0 aromatic carbocycles. The summed E-state index contributed by atoms with van der Waals surface area (Å²) >= 11 is 0. The fourth-order valence-corrected chi connectivity index (χ4v) is 1.53. The van der Waals surface area contributed by atoms with Crippen LogP contribution in [0.5, 0.6) is 0 Å². The number of hydrogen-bond donors (Lipinski definition) is 0. The van der Waals surface area contributed by atoms with Gasteiger partial charge in [-0.3, -0.25) is 0 Å². The fourth-order valence-electron chi connectivity index (χ4n) is 1.53. The summed E-state index contributed by atoms with van der Waals surface area (Å²) in [6.07, 6.45) is 10.5. The summed E-state index contributed by atoms with van der Waals surface area (Å²) in [6.45, 7) is 7.82. The lowest BCUT2D eigenvalue weighted by Crippen LogP contribution is -1.96. The molecule has 0 aliphatic carbocycles. The van der Waals surface area contributed by atoms with Crippen molar-refractivity contribution in [2.24, 2.45) is 0 Å². The molecule has 19 heavy (non-hydrogen) atoms. The van der Waals surface area contributed by atoms with Gasteiger partial charge in [-0.1, -0.05) is 52.4 Å². The second kappa shape index (κ2) is 23.0. The molecule has 0 amide bonds. The fraction of sp³-hybridized carbons (Fsp3) is 1.00. The van der Waals surface area contributed by atoms with Crippen LogP contribution in [0.4, 0.5) is 0 Å². The van der Waals surface area contributed by atoms with Gasteiger partial charge < -0.3 is 14.2 Å². The van der Waals surface area contributed by atoms with E-state index in [1.807, 2.05) is 0 Å². The Kier molecular flexibility index (Phi) is 25.7. The Balaban J connectivity index is 0. The second-order valence-electron chi connectivity index (χ2n) is 4.72. The smallest absolute Gasteiger partial charge is 0.0696 e. The van der Waals surface area contributed by atoms with Crippen LogP contribution in [0.15, 0.2) is 0 Å². The summed E-state index contributed by atoms with van der Waals surface area (Å²) in [5.41, 5.74) is 0. The van der Waals surface area contributed by atoms with Crippen molar-refractivity contribution in [3.63, 3.8) is 0 Å². The van der Waals surface area contributed by atoms with Gasteiger partial charge in [0.25, 0.3) is 0 Å². The predicted molar refractivity (Wildman–Crippen MR) is 82.9 cm³/mol. The van der Waals surface area contributed by atoms with E-state index >= 15 is 0 Å². The Labute approximate surface area is 121 Å². The molecule has 0 aromatic heterocycles. The Morgan fingerprint density at radius 3 is 1.26 bits per heavy atom. The molecule has 0 saturated heterocycles. The SMILES string of the molecule is CCCCCCOCCCCCC.COCCOC. The first-order chi connectivity index (χ1) is 9.33. The standard InChI is InChI=1S/C12H26O.C4H10O2/c1-3-5-7-9-11-13-12-10-8-6-4-2;1-5-3-4-6-2/h3-12H2,1-2H3;3-4H2,1-2H3. The largest absolute Gasteiger partial charge is 0.382 e. The maximum atomic E-state index is 5.53. The molecule has 0 saturated carbocycles. The van der Waals surface area contributed by atoms with Crippen molar-refractivity contribution in [1.82, 2.24) is 0 Å². The molecule has 0 unspecified atom stereocenters. The van der Waals surface area contributed by atoms with Gasteiger partial charge in [-0.25, -0.2) is 0 Å². The topological polar surface area (TPSA) is 27.7 Å². The van der Waals surface area contributed by atoms with Gasteiger partial charge in [0.05, 0.1) is 13.2 Å². The summed E-state index contributed by atoms with van der Waals surface area (Å²) in [7, 11) is 3.30. The minimum absolute atomic E-state index is 0.691. The first kappa shape index (κ1) is 21.2. The molecular weight excluding hydrogens is 240 g/mol. The molecule has 0 spiro atoms. The van der Waals surface area contributed by atoms with Gasteiger partial charge in [0, 0.05) is 27.4 Å². The van der Waals surface area contributed by atoms with Crippen LogP contribution < -0.4 is 0 Å². The normalized spacial score (nSPS) is 10.1. The van der Waals surface area contributed by atoms with Crippen molar-refractivity contribution in [2.75, 3.05) is 40.6 Å². The van der Waals surface area contributed by atoms with Crippen LogP contribution in [0, 0.1) is 0 Å². The lowest BCUT2D eigenvalue weighted by atomic mass is 10.2. The Bertz CT molecular complexity index is 115. The van der Waals surface area contributed by atoms with Crippen LogP contribution in [0.1, 0.15) is 65.2 Å². The lowest BCUT2D eigenvalue weighted by molar-refractivity contribution is 0.103. The van der Waals surface area contributed by atoms with Gasteiger partial charge >= 0.3 is 0 Å². The average Bonchev–Trinajstić information content (AvgIpc) is 2.44. The van der Waals surface area contributed by atoms with E-state index in [1.54, 1.807) is 14.2 Å². The number of ether oxygens (including phenoxy) is 3. The molecule has 0 fully saturated rings. The van der Waals surface area contributed by atoms with Crippen molar-refractivity contribution >= 4 is 0 Å². The van der Waals surface area contributed by atoms with E-state index in [-0.39, 0.29) is 0 Å². The predicted octanol–water partition coefficient (Wildman–Crippen LogP) is 4.44. The van der Waals surface area contributed by atoms with Crippen LogP contribution in [0.3, 0.4) is 0 Å². The molecule has 0 atom stereocenters. The zero-order chi connectivity index (χ0) is 14.6. The van der Waals surface area contributed by atoms with E-state index in [1.165, 1.54) is 51.4 Å². The molecule has 0 aliphatic rings. The molecule has 3 heteroatoms. The summed E-state index contributed by atoms with van der Waals surface area (Å²) < 4.78 is 14.8. The minimum Gasteiger partial charge on any atom is -0.382 e. The van der Waals surface area contributed by atoms with Gasteiger partial charge in [0.2, 0.25) is 0 Å². The molecule has 0 rings (SSSR count). The molecule has 0 aromatic rings. The van der Waals surface area contributed by atoms with E-state index in [0.717, 1.165) is 13.2 Å². The van der Waals surface area contributed by atoms with Gasteiger partial charge in [-0.15, -0.1) is 0 Å². The number of methoxy groups -OCH3 is 2. The van der Waals surface area contributed by atoms with Gasteiger partial charge in [-0.2, -0.15) is 0 Å². The lowest BCUT2D eigenvalue weighted by Gasteiger charge is -2.03. The summed E-state index contributed by atoms with van der Waals surface area (Å²) in [5, 5.41) is 0.